The van der Waals surface area contributed by atoms with Crippen molar-refractivity contribution in [3.05, 3.63) is 90.3 Å². The number of likely N-dealkylation sites (N-methyl/N-ethyl adjacent to an activating group) is 1. The van der Waals surface area contributed by atoms with Crippen molar-refractivity contribution in [1.29, 1.82) is 0 Å². The lowest BCUT2D eigenvalue weighted by atomic mass is 10.0. The van der Waals surface area contributed by atoms with Gasteiger partial charge in [-0.3, -0.25) is 19.0 Å². The van der Waals surface area contributed by atoms with Crippen molar-refractivity contribution in [2.45, 2.75) is 32.2 Å². The van der Waals surface area contributed by atoms with Crippen LogP contribution in [0.25, 0.3) is 16.8 Å². The van der Waals surface area contributed by atoms with Gasteiger partial charge in [-0.15, -0.1) is 0 Å². The van der Waals surface area contributed by atoms with Gasteiger partial charge in [0.15, 0.2) is 0 Å². The minimum absolute atomic E-state index is 0.00824. The van der Waals surface area contributed by atoms with Crippen LogP contribution in [0.15, 0.2) is 73.2 Å². The SMILES string of the molecule is Cc1nccn2c([C@@H]3CCCCN3C(=O)/C=C/CN(C)C)nc(-c3ccc(C(=O)Nc4ccccn4)cc3)c12. The summed E-state index contributed by atoms with van der Waals surface area (Å²) in [4.78, 5) is 43.7. The van der Waals surface area contributed by atoms with Gasteiger partial charge in [0.1, 0.15) is 11.6 Å². The molecule has 0 radical (unpaired) electrons. The number of nitrogens with one attached hydrogen (secondary N) is 1. The van der Waals surface area contributed by atoms with E-state index in [2.05, 4.69) is 19.7 Å². The summed E-state index contributed by atoms with van der Waals surface area (Å²) < 4.78 is 2.07. The predicted octanol–water partition coefficient (Wildman–Crippen LogP) is 4.52. The van der Waals surface area contributed by atoms with Crippen molar-refractivity contribution in [2.24, 2.45) is 0 Å². The Balaban J connectivity index is 1.47. The van der Waals surface area contributed by atoms with Gasteiger partial charge in [-0.25, -0.2) is 9.97 Å². The first kappa shape index (κ1) is 26.2. The molecule has 1 saturated heterocycles. The third-order valence-corrected chi connectivity index (χ3v) is 6.91. The number of hydrogen-bond donors (Lipinski definition) is 1. The van der Waals surface area contributed by atoms with Crippen LogP contribution in [0, 0.1) is 6.92 Å². The van der Waals surface area contributed by atoms with E-state index in [1.807, 2.05) is 61.3 Å². The summed E-state index contributed by atoms with van der Waals surface area (Å²) in [7, 11) is 3.96. The molecule has 1 fully saturated rings. The summed E-state index contributed by atoms with van der Waals surface area (Å²) >= 11 is 0. The summed E-state index contributed by atoms with van der Waals surface area (Å²) in [6.45, 7) is 3.37. The summed E-state index contributed by atoms with van der Waals surface area (Å²) in [5, 5.41) is 2.81. The van der Waals surface area contributed by atoms with Crippen LogP contribution in [-0.4, -0.2) is 68.2 Å². The molecule has 3 aromatic heterocycles. The lowest BCUT2D eigenvalue weighted by Gasteiger charge is -2.34. The van der Waals surface area contributed by atoms with E-state index >= 15 is 0 Å². The summed E-state index contributed by atoms with van der Waals surface area (Å²) in [5.74, 6) is 1.11. The van der Waals surface area contributed by atoms with Gasteiger partial charge in [-0.2, -0.15) is 0 Å². The van der Waals surface area contributed by atoms with E-state index in [4.69, 9.17) is 4.98 Å². The fraction of sp³-hybridized carbons (Fsp3) is 0.300. The number of pyridine rings is 1. The monoisotopic (exact) mass is 523 g/mol. The Morgan fingerprint density at radius 2 is 1.90 bits per heavy atom. The number of imidazole rings is 1. The number of aryl methyl sites for hydroxylation is 1. The molecular formula is C30H33N7O2. The molecule has 4 aromatic rings. The molecule has 39 heavy (non-hydrogen) atoms. The number of likely N-dealkylation sites (tertiary alicyclic amines) is 1. The van der Waals surface area contributed by atoms with Crippen LogP contribution in [-0.2, 0) is 4.79 Å². The maximum Gasteiger partial charge on any atom is 0.256 e. The minimum atomic E-state index is -0.229. The Morgan fingerprint density at radius 3 is 2.64 bits per heavy atom. The van der Waals surface area contributed by atoms with Gasteiger partial charge in [0, 0.05) is 48.9 Å². The number of aromatic nitrogens is 4. The molecule has 4 heterocycles. The highest BCUT2D eigenvalue weighted by atomic mass is 16.2. The predicted molar refractivity (Wildman–Crippen MR) is 151 cm³/mol. The highest BCUT2D eigenvalue weighted by molar-refractivity contribution is 6.04. The number of rotatable bonds is 7. The molecule has 5 rings (SSSR count). The van der Waals surface area contributed by atoms with Gasteiger partial charge in [0.25, 0.3) is 5.91 Å². The van der Waals surface area contributed by atoms with E-state index in [0.29, 0.717) is 24.5 Å². The second-order valence-corrected chi connectivity index (χ2v) is 10.0. The molecule has 1 atom stereocenters. The smallest absolute Gasteiger partial charge is 0.256 e. The second kappa shape index (κ2) is 11.6. The normalized spacial score (nSPS) is 15.8. The zero-order valence-electron chi connectivity index (χ0n) is 22.5. The molecule has 0 aliphatic carbocycles. The number of benzene rings is 1. The molecule has 1 aliphatic rings. The lowest BCUT2D eigenvalue weighted by Crippen LogP contribution is -2.38. The number of carbonyl (C=O) groups excluding carboxylic acids is 2. The lowest BCUT2D eigenvalue weighted by molar-refractivity contribution is -0.130. The Bertz CT molecular complexity index is 1490. The van der Waals surface area contributed by atoms with Gasteiger partial charge in [-0.05, 0) is 64.5 Å². The molecule has 0 spiro atoms. The maximum absolute atomic E-state index is 13.2. The molecule has 0 saturated carbocycles. The molecule has 9 nitrogen and oxygen atoms in total. The van der Waals surface area contributed by atoms with Gasteiger partial charge in [0.05, 0.1) is 22.9 Å². The number of nitrogens with zero attached hydrogens (tertiary/aromatic N) is 6. The van der Waals surface area contributed by atoms with Gasteiger partial charge in [-0.1, -0.05) is 24.3 Å². The average Bonchev–Trinajstić information content (AvgIpc) is 3.34. The van der Waals surface area contributed by atoms with Crippen molar-refractivity contribution in [2.75, 3.05) is 32.5 Å². The molecular weight excluding hydrogens is 490 g/mol. The van der Waals surface area contributed by atoms with Gasteiger partial charge in [0.2, 0.25) is 5.91 Å². The van der Waals surface area contributed by atoms with Crippen LogP contribution in [0.1, 0.15) is 47.2 Å². The number of carbonyl (C=O) groups is 2. The van der Waals surface area contributed by atoms with Crippen molar-refractivity contribution >= 4 is 23.1 Å². The molecule has 0 unspecified atom stereocenters. The molecule has 1 aliphatic heterocycles. The van der Waals surface area contributed by atoms with Crippen LogP contribution >= 0.6 is 0 Å². The molecule has 200 valence electrons. The topological polar surface area (TPSA) is 95.7 Å². The van der Waals surface area contributed by atoms with E-state index in [-0.39, 0.29) is 17.9 Å². The zero-order valence-corrected chi connectivity index (χ0v) is 22.5. The molecule has 9 heteroatoms. The Labute approximate surface area is 228 Å². The van der Waals surface area contributed by atoms with Gasteiger partial charge >= 0.3 is 0 Å². The standard InChI is InChI=1S/C30H33N7O2/c1-21-28-27(22-12-14-23(15-13-22)30(39)33-25-10-4-6-16-32-25)34-29(37(28)20-17-31-21)24-9-5-7-19-36(24)26(38)11-8-18-35(2)3/h4,6,8,10-17,20,24H,5,7,9,18-19H2,1-3H3,(H,32,33,39)/b11-8+/t24-/m0/s1. The van der Waals surface area contributed by atoms with E-state index in [1.165, 1.54) is 0 Å². The fourth-order valence-corrected chi connectivity index (χ4v) is 4.98. The van der Waals surface area contributed by atoms with Crippen LogP contribution in [0.2, 0.25) is 0 Å². The number of anilines is 1. The highest BCUT2D eigenvalue weighted by Crippen LogP contribution is 2.35. The number of fused-ring (bicyclic) bond motifs is 1. The average molecular weight is 524 g/mol. The quantitative estimate of drug-likeness (QED) is 0.358. The largest absolute Gasteiger partial charge is 0.329 e. The first-order chi connectivity index (χ1) is 18.9. The van der Waals surface area contributed by atoms with Crippen LogP contribution in [0.3, 0.4) is 0 Å². The number of piperidine rings is 1. The molecule has 2 amide bonds. The van der Waals surface area contributed by atoms with Crippen LogP contribution in [0.5, 0.6) is 0 Å². The molecule has 1 aromatic carbocycles. The minimum Gasteiger partial charge on any atom is -0.329 e. The van der Waals surface area contributed by atoms with E-state index < -0.39 is 0 Å². The van der Waals surface area contributed by atoms with E-state index in [0.717, 1.165) is 47.6 Å². The second-order valence-electron chi connectivity index (χ2n) is 10.0. The summed E-state index contributed by atoms with van der Waals surface area (Å²) in [5.41, 5.74) is 3.94. The van der Waals surface area contributed by atoms with Gasteiger partial charge < -0.3 is 15.1 Å². The first-order valence-electron chi connectivity index (χ1n) is 13.2. The highest BCUT2D eigenvalue weighted by Gasteiger charge is 2.31. The van der Waals surface area contributed by atoms with Crippen LogP contribution in [0.4, 0.5) is 5.82 Å². The van der Waals surface area contributed by atoms with Crippen LogP contribution < -0.4 is 5.32 Å². The third kappa shape index (κ3) is 5.73. The molecule has 0 bridgehead atoms. The van der Waals surface area contributed by atoms with Crippen molar-refractivity contribution in [1.82, 2.24) is 29.2 Å². The van der Waals surface area contributed by atoms with E-state index in [1.54, 1.807) is 42.7 Å². The summed E-state index contributed by atoms with van der Waals surface area (Å²) in [6.07, 6.45) is 11.8. The number of hydrogen-bond acceptors (Lipinski definition) is 6. The van der Waals surface area contributed by atoms with E-state index in [9.17, 15) is 9.59 Å². The third-order valence-electron chi connectivity index (χ3n) is 6.91. The van der Waals surface area contributed by atoms with Crippen molar-refractivity contribution < 1.29 is 9.59 Å². The number of amides is 2. The van der Waals surface area contributed by atoms with Crippen molar-refractivity contribution in [3.8, 4) is 11.3 Å². The Kier molecular flexibility index (Phi) is 7.79. The maximum atomic E-state index is 13.2. The zero-order chi connectivity index (χ0) is 27.4. The first-order valence-corrected chi connectivity index (χ1v) is 13.2. The Morgan fingerprint density at radius 1 is 1.08 bits per heavy atom. The van der Waals surface area contributed by atoms with Crippen molar-refractivity contribution in [3.63, 3.8) is 0 Å². The fourth-order valence-electron chi connectivity index (χ4n) is 4.98. The molecule has 1 N–H and O–H groups in total. The summed E-state index contributed by atoms with van der Waals surface area (Å²) in [6, 6.07) is 12.6. The Hall–Kier alpha value is -4.37.